The number of ether oxygens (including phenoxy) is 2. The summed E-state index contributed by atoms with van der Waals surface area (Å²) in [6, 6.07) is 3.89. The number of hydrogen-bond donors (Lipinski definition) is 1. The van der Waals surface area contributed by atoms with Crippen LogP contribution < -0.4 is 14.8 Å². The van der Waals surface area contributed by atoms with E-state index in [2.05, 4.69) is 5.32 Å². The molecular weight excluding hydrogens is 368 g/mol. The largest absolute Gasteiger partial charge is 0.493 e. The maximum Gasteiger partial charge on any atom is 0.225 e. The van der Waals surface area contributed by atoms with Crippen molar-refractivity contribution in [3.63, 3.8) is 0 Å². The monoisotopic (exact) mass is 394 g/mol. The first-order chi connectivity index (χ1) is 13.0. The lowest BCUT2D eigenvalue weighted by Crippen LogP contribution is -2.36. The lowest BCUT2D eigenvalue weighted by molar-refractivity contribution is -0.130. The number of hydrogen-bond acceptors (Lipinski definition) is 4. The molecule has 1 N–H and O–H groups in total. The summed E-state index contributed by atoms with van der Waals surface area (Å²) in [6.07, 6.45) is 4.77. The van der Waals surface area contributed by atoms with Crippen molar-refractivity contribution in [2.24, 2.45) is 5.92 Å². The summed E-state index contributed by atoms with van der Waals surface area (Å²) in [4.78, 5) is 26.7. The number of nitrogens with zero attached hydrogens (tertiary/aromatic N) is 1. The van der Waals surface area contributed by atoms with Crippen LogP contribution in [0.15, 0.2) is 12.1 Å². The molecule has 3 rings (SSSR count). The molecule has 1 aliphatic heterocycles. The van der Waals surface area contributed by atoms with Gasteiger partial charge in [-0.15, -0.1) is 0 Å². The van der Waals surface area contributed by atoms with Gasteiger partial charge in [0.2, 0.25) is 11.8 Å². The Morgan fingerprint density at radius 2 is 2.07 bits per heavy atom. The van der Waals surface area contributed by atoms with E-state index in [0.29, 0.717) is 48.7 Å². The molecule has 2 aliphatic rings. The summed E-state index contributed by atoms with van der Waals surface area (Å²) in [5.74, 6) is 0.779. The van der Waals surface area contributed by atoms with Crippen LogP contribution in [-0.2, 0) is 16.1 Å². The van der Waals surface area contributed by atoms with E-state index in [1.807, 2.05) is 17.9 Å². The molecule has 6 nitrogen and oxygen atoms in total. The van der Waals surface area contributed by atoms with Gasteiger partial charge in [-0.1, -0.05) is 24.4 Å². The molecule has 1 aliphatic carbocycles. The second-order valence-electron chi connectivity index (χ2n) is 7.15. The molecular formula is C20H27ClN2O4. The molecule has 1 aromatic rings. The third-order valence-corrected chi connectivity index (χ3v) is 5.62. The molecule has 148 valence electrons. The second-order valence-corrected chi connectivity index (χ2v) is 7.55. The van der Waals surface area contributed by atoms with Gasteiger partial charge in [-0.05, 0) is 37.5 Å². The Morgan fingerprint density at radius 3 is 2.74 bits per heavy atom. The van der Waals surface area contributed by atoms with Crippen LogP contribution in [0, 0.1) is 5.92 Å². The third-order valence-electron chi connectivity index (χ3n) is 5.34. The van der Waals surface area contributed by atoms with Gasteiger partial charge in [0.25, 0.3) is 0 Å². The lowest BCUT2D eigenvalue weighted by atomic mass is 10.1. The maximum absolute atomic E-state index is 12.6. The number of benzene rings is 1. The van der Waals surface area contributed by atoms with Crippen LogP contribution in [-0.4, -0.2) is 43.0 Å². The average Bonchev–Trinajstić information content (AvgIpc) is 3.31. The summed E-state index contributed by atoms with van der Waals surface area (Å²) in [5, 5.41) is 3.38. The van der Waals surface area contributed by atoms with E-state index < -0.39 is 0 Å². The van der Waals surface area contributed by atoms with E-state index in [1.165, 1.54) is 12.8 Å². The van der Waals surface area contributed by atoms with Crippen LogP contribution in [0.4, 0.5) is 0 Å². The number of nitrogens with one attached hydrogen (secondary N) is 1. The molecule has 1 atom stereocenters. The Labute approximate surface area is 165 Å². The molecule has 0 bridgehead atoms. The first-order valence-electron chi connectivity index (χ1n) is 9.59. The van der Waals surface area contributed by atoms with Crippen molar-refractivity contribution in [1.29, 1.82) is 0 Å². The highest BCUT2D eigenvalue weighted by Gasteiger charge is 2.38. The average molecular weight is 395 g/mol. The van der Waals surface area contributed by atoms with Crippen LogP contribution in [0.3, 0.4) is 0 Å². The van der Waals surface area contributed by atoms with E-state index in [4.69, 9.17) is 21.1 Å². The van der Waals surface area contributed by atoms with Crippen LogP contribution in [0.25, 0.3) is 0 Å². The van der Waals surface area contributed by atoms with Crippen molar-refractivity contribution in [2.45, 2.75) is 51.6 Å². The van der Waals surface area contributed by atoms with Crippen LogP contribution in [0.5, 0.6) is 11.5 Å². The molecule has 1 aromatic carbocycles. The van der Waals surface area contributed by atoms with Gasteiger partial charge in [0.15, 0.2) is 11.5 Å². The number of halogens is 1. The van der Waals surface area contributed by atoms with Crippen molar-refractivity contribution < 1.29 is 19.1 Å². The van der Waals surface area contributed by atoms with Crippen LogP contribution in [0.2, 0.25) is 5.02 Å². The topological polar surface area (TPSA) is 67.9 Å². The summed E-state index contributed by atoms with van der Waals surface area (Å²) in [6.45, 7) is 3.22. The van der Waals surface area contributed by atoms with E-state index in [9.17, 15) is 9.59 Å². The van der Waals surface area contributed by atoms with Crippen molar-refractivity contribution in [1.82, 2.24) is 10.2 Å². The highest BCUT2D eigenvalue weighted by molar-refractivity contribution is 6.32. The van der Waals surface area contributed by atoms with Gasteiger partial charge in [-0.25, -0.2) is 0 Å². The molecule has 27 heavy (non-hydrogen) atoms. The van der Waals surface area contributed by atoms with Crippen LogP contribution in [0.1, 0.15) is 44.6 Å². The first kappa shape index (κ1) is 19.8. The van der Waals surface area contributed by atoms with Crippen LogP contribution >= 0.6 is 11.6 Å². The number of carbonyl (C=O) groups is 2. The quantitative estimate of drug-likeness (QED) is 0.771. The minimum atomic E-state index is -0.279. The normalized spacial score (nSPS) is 20.2. The zero-order chi connectivity index (χ0) is 19.4. The smallest absolute Gasteiger partial charge is 0.225 e. The Morgan fingerprint density at radius 1 is 1.33 bits per heavy atom. The van der Waals surface area contributed by atoms with Crippen molar-refractivity contribution >= 4 is 23.4 Å². The predicted molar refractivity (Wildman–Crippen MR) is 103 cm³/mol. The van der Waals surface area contributed by atoms with E-state index in [-0.39, 0.29) is 17.7 Å². The minimum Gasteiger partial charge on any atom is -0.493 e. The fourth-order valence-corrected chi connectivity index (χ4v) is 4.26. The van der Waals surface area contributed by atoms with Gasteiger partial charge < -0.3 is 19.7 Å². The molecule has 1 heterocycles. The molecule has 2 amide bonds. The van der Waals surface area contributed by atoms with E-state index >= 15 is 0 Å². The molecule has 2 fully saturated rings. The molecule has 7 heteroatoms. The number of likely N-dealkylation sites (tertiary alicyclic amines) is 1. The predicted octanol–water partition coefficient (Wildman–Crippen LogP) is 3.15. The molecule has 0 radical (unpaired) electrons. The maximum atomic E-state index is 12.6. The first-order valence-corrected chi connectivity index (χ1v) is 9.97. The molecule has 1 saturated carbocycles. The summed E-state index contributed by atoms with van der Waals surface area (Å²) < 4.78 is 10.8. The standard InChI is InChI=1S/C20H27ClN2O4/c1-3-27-19-16(21)8-13(9-17(19)26-2)11-22-20(25)14-10-18(24)23(12-14)15-6-4-5-7-15/h8-9,14-15H,3-7,10-12H2,1-2H3,(H,22,25). The number of carbonyl (C=O) groups excluding carboxylic acids is 2. The Hall–Kier alpha value is -1.95. The van der Waals surface area contributed by atoms with Crippen molar-refractivity contribution in [3.05, 3.63) is 22.7 Å². The highest BCUT2D eigenvalue weighted by Crippen LogP contribution is 2.36. The summed E-state index contributed by atoms with van der Waals surface area (Å²) in [5.41, 5.74) is 0.825. The van der Waals surface area contributed by atoms with Gasteiger partial charge in [0.05, 0.1) is 24.7 Å². The Balaban J connectivity index is 1.59. The zero-order valence-electron chi connectivity index (χ0n) is 15.9. The molecule has 1 unspecified atom stereocenters. The molecule has 1 saturated heterocycles. The van der Waals surface area contributed by atoms with E-state index in [0.717, 1.165) is 18.4 Å². The van der Waals surface area contributed by atoms with Crippen molar-refractivity contribution in [2.75, 3.05) is 20.3 Å². The van der Waals surface area contributed by atoms with Crippen molar-refractivity contribution in [3.8, 4) is 11.5 Å². The minimum absolute atomic E-state index is 0.0900. The molecule has 0 spiro atoms. The van der Waals surface area contributed by atoms with Gasteiger partial charge in [0.1, 0.15) is 0 Å². The fourth-order valence-electron chi connectivity index (χ4n) is 3.97. The number of rotatable bonds is 7. The number of methoxy groups -OCH3 is 1. The SMILES string of the molecule is CCOc1c(Cl)cc(CNC(=O)C2CC(=O)N(C3CCCC3)C2)cc1OC. The zero-order valence-corrected chi connectivity index (χ0v) is 16.7. The highest BCUT2D eigenvalue weighted by atomic mass is 35.5. The van der Waals surface area contributed by atoms with Gasteiger partial charge in [-0.3, -0.25) is 9.59 Å². The van der Waals surface area contributed by atoms with Gasteiger partial charge in [-0.2, -0.15) is 0 Å². The summed E-state index contributed by atoms with van der Waals surface area (Å²) in [7, 11) is 1.55. The fraction of sp³-hybridized carbons (Fsp3) is 0.600. The summed E-state index contributed by atoms with van der Waals surface area (Å²) >= 11 is 6.28. The lowest BCUT2D eigenvalue weighted by Gasteiger charge is -2.23. The Kier molecular flexibility index (Phi) is 6.47. The second kappa shape index (κ2) is 8.83. The van der Waals surface area contributed by atoms with E-state index in [1.54, 1.807) is 13.2 Å². The third kappa shape index (κ3) is 4.49. The molecule has 0 aromatic heterocycles. The Bertz CT molecular complexity index is 703. The van der Waals surface area contributed by atoms with Gasteiger partial charge >= 0.3 is 0 Å². The van der Waals surface area contributed by atoms with Gasteiger partial charge in [0, 0.05) is 25.6 Å². The number of amides is 2.